The Morgan fingerprint density at radius 3 is 2.43 bits per heavy atom. The van der Waals surface area contributed by atoms with Crippen molar-refractivity contribution in [3.05, 3.63) is 35.4 Å². The normalized spacial score (nSPS) is 10.7. The molecule has 4 nitrogen and oxygen atoms in total. The smallest absolute Gasteiger partial charge is 0.360 e. The molecule has 0 aliphatic heterocycles. The zero-order valence-electron chi connectivity index (χ0n) is 7.93. The van der Waals surface area contributed by atoms with Crippen molar-refractivity contribution in [3.8, 4) is 0 Å². The fourth-order valence-electron chi connectivity index (χ4n) is 1.07. The minimum Gasteiger partial charge on any atom is -0.360 e. The Balaban J connectivity index is 3.47. The summed E-state index contributed by atoms with van der Waals surface area (Å²) in [7, 11) is -3.62. The molecule has 0 amide bonds. The standard InChI is InChI=1S/C9H10N2O2S/c1-7-5-3-4-6-9(7)14(12,13)8(2)11-10/h3-6H,1-2H3. The minimum atomic E-state index is -3.62. The Morgan fingerprint density at radius 1 is 1.36 bits per heavy atom. The van der Waals surface area contributed by atoms with Crippen LogP contribution in [0.5, 0.6) is 0 Å². The van der Waals surface area contributed by atoms with Crippen LogP contribution in [-0.2, 0) is 9.84 Å². The SMILES string of the molecule is CC(=[N+]=[N-])S(=O)(=O)c1ccccc1C. The molecule has 0 saturated heterocycles. The second-order valence-corrected chi connectivity index (χ2v) is 4.93. The van der Waals surface area contributed by atoms with Gasteiger partial charge < -0.3 is 5.53 Å². The van der Waals surface area contributed by atoms with Crippen molar-refractivity contribution in [3.63, 3.8) is 0 Å². The van der Waals surface area contributed by atoms with E-state index < -0.39 is 9.84 Å². The van der Waals surface area contributed by atoms with E-state index in [1.807, 2.05) is 0 Å². The zero-order valence-corrected chi connectivity index (χ0v) is 8.75. The van der Waals surface area contributed by atoms with Crippen molar-refractivity contribution >= 4 is 14.9 Å². The quantitative estimate of drug-likeness (QED) is 0.304. The largest absolute Gasteiger partial charge is 0.382 e. The van der Waals surface area contributed by atoms with Gasteiger partial charge in [-0.15, -0.1) is 0 Å². The summed E-state index contributed by atoms with van der Waals surface area (Å²) in [6, 6.07) is 6.56. The fraction of sp³-hybridized carbons (Fsp3) is 0.222. The van der Waals surface area contributed by atoms with Crippen molar-refractivity contribution in [1.29, 1.82) is 0 Å². The summed E-state index contributed by atoms with van der Waals surface area (Å²) in [6.45, 7) is 2.94. The van der Waals surface area contributed by atoms with E-state index in [1.165, 1.54) is 13.0 Å². The highest BCUT2D eigenvalue weighted by Gasteiger charge is 2.26. The Hall–Kier alpha value is -1.45. The molecule has 0 fully saturated rings. The fourth-order valence-corrected chi connectivity index (χ4v) is 2.25. The summed E-state index contributed by atoms with van der Waals surface area (Å²) in [6.07, 6.45) is 0. The molecule has 1 aromatic carbocycles. The highest BCUT2D eigenvalue weighted by Crippen LogP contribution is 2.15. The van der Waals surface area contributed by atoms with E-state index in [2.05, 4.69) is 4.79 Å². The molecule has 0 bridgehead atoms. The van der Waals surface area contributed by atoms with E-state index in [0.717, 1.165) is 0 Å². The number of benzene rings is 1. The molecule has 0 unspecified atom stereocenters. The van der Waals surface area contributed by atoms with Crippen LogP contribution in [0.1, 0.15) is 12.5 Å². The lowest BCUT2D eigenvalue weighted by Crippen LogP contribution is -2.13. The average Bonchev–Trinajstić information content (AvgIpc) is 2.17. The van der Waals surface area contributed by atoms with Crippen LogP contribution in [0, 0.1) is 6.92 Å². The number of hydrogen-bond acceptors (Lipinski definition) is 2. The van der Waals surface area contributed by atoms with E-state index in [4.69, 9.17) is 5.53 Å². The topological polar surface area (TPSA) is 70.5 Å². The summed E-state index contributed by atoms with van der Waals surface area (Å²) >= 11 is 0. The van der Waals surface area contributed by atoms with Gasteiger partial charge in [0.05, 0.1) is 11.8 Å². The molecule has 0 atom stereocenters. The maximum absolute atomic E-state index is 11.7. The van der Waals surface area contributed by atoms with Gasteiger partial charge in [-0.2, -0.15) is 4.79 Å². The van der Waals surface area contributed by atoms with Gasteiger partial charge in [-0.25, -0.2) is 8.42 Å². The highest BCUT2D eigenvalue weighted by atomic mass is 32.2. The van der Waals surface area contributed by atoms with E-state index in [0.29, 0.717) is 5.56 Å². The third-order valence-electron chi connectivity index (χ3n) is 1.91. The monoisotopic (exact) mass is 210 g/mol. The zero-order chi connectivity index (χ0) is 10.8. The molecule has 0 radical (unpaired) electrons. The maximum Gasteiger partial charge on any atom is 0.382 e. The Morgan fingerprint density at radius 2 is 1.93 bits per heavy atom. The molecule has 0 aromatic heterocycles. The molecule has 0 aliphatic carbocycles. The first-order valence-corrected chi connectivity index (χ1v) is 5.48. The predicted molar refractivity (Wildman–Crippen MR) is 52.7 cm³/mol. The van der Waals surface area contributed by atoms with Gasteiger partial charge in [0.1, 0.15) is 0 Å². The van der Waals surface area contributed by atoms with Crippen LogP contribution in [0.3, 0.4) is 0 Å². The van der Waals surface area contributed by atoms with Gasteiger partial charge in [0.15, 0.2) is 0 Å². The third kappa shape index (κ3) is 1.73. The molecule has 74 valence electrons. The Bertz CT molecular complexity index is 499. The second-order valence-electron chi connectivity index (χ2n) is 2.89. The van der Waals surface area contributed by atoms with Gasteiger partial charge in [-0.05, 0) is 18.6 Å². The van der Waals surface area contributed by atoms with E-state index in [-0.39, 0.29) is 9.94 Å². The molecule has 0 saturated carbocycles. The second kappa shape index (κ2) is 3.74. The van der Waals surface area contributed by atoms with Gasteiger partial charge in [0, 0.05) is 0 Å². The number of rotatable bonds is 1. The first-order valence-electron chi connectivity index (χ1n) is 3.99. The lowest BCUT2D eigenvalue weighted by Gasteiger charge is -2.00. The molecule has 1 aromatic rings. The van der Waals surface area contributed by atoms with Gasteiger partial charge in [-0.3, -0.25) is 0 Å². The van der Waals surface area contributed by atoms with E-state index >= 15 is 0 Å². The molecule has 1 rings (SSSR count). The predicted octanol–water partition coefficient (Wildman–Crippen LogP) is 1.42. The van der Waals surface area contributed by atoms with Crippen molar-refractivity contribution in [2.75, 3.05) is 0 Å². The van der Waals surface area contributed by atoms with Gasteiger partial charge in [0.25, 0.3) is 9.84 Å². The van der Waals surface area contributed by atoms with Crippen LogP contribution in [0.15, 0.2) is 29.2 Å². The van der Waals surface area contributed by atoms with Crippen LogP contribution in [-0.4, -0.2) is 18.3 Å². The summed E-state index contributed by atoms with van der Waals surface area (Å²) in [5, 5.41) is -0.299. The molecule has 0 N–H and O–H groups in total. The van der Waals surface area contributed by atoms with Crippen LogP contribution >= 0.6 is 0 Å². The van der Waals surface area contributed by atoms with Crippen LogP contribution in [0.25, 0.3) is 5.53 Å². The Kier molecular flexibility index (Phi) is 2.84. The summed E-state index contributed by atoms with van der Waals surface area (Å²) in [5.41, 5.74) is 9.07. The van der Waals surface area contributed by atoms with Crippen LogP contribution < -0.4 is 0 Å². The van der Waals surface area contributed by atoms with Gasteiger partial charge >= 0.3 is 5.04 Å². The molecule has 14 heavy (non-hydrogen) atoms. The van der Waals surface area contributed by atoms with E-state index in [9.17, 15) is 8.42 Å². The first kappa shape index (κ1) is 10.6. The summed E-state index contributed by atoms with van der Waals surface area (Å²) < 4.78 is 23.4. The molecule has 0 spiro atoms. The molecule has 0 aliphatic rings. The summed E-state index contributed by atoms with van der Waals surface area (Å²) in [5.74, 6) is 0. The van der Waals surface area contributed by atoms with Crippen molar-refractivity contribution < 1.29 is 13.2 Å². The molecule has 5 heteroatoms. The average molecular weight is 210 g/mol. The third-order valence-corrected chi connectivity index (χ3v) is 3.81. The van der Waals surface area contributed by atoms with Crippen molar-refractivity contribution in [2.45, 2.75) is 18.7 Å². The Labute approximate surface area is 82.7 Å². The number of hydrogen-bond donors (Lipinski definition) is 0. The lowest BCUT2D eigenvalue weighted by atomic mass is 10.2. The van der Waals surface area contributed by atoms with Crippen LogP contribution in [0.2, 0.25) is 0 Å². The summed E-state index contributed by atoms with van der Waals surface area (Å²) in [4.78, 5) is 2.88. The van der Waals surface area contributed by atoms with Crippen molar-refractivity contribution in [2.24, 2.45) is 0 Å². The number of nitrogens with zero attached hydrogens (tertiary/aromatic N) is 2. The molecular weight excluding hydrogens is 200 g/mol. The number of sulfone groups is 1. The maximum atomic E-state index is 11.7. The van der Waals surface area contributed by atoms with Crippen LogP contribution in [0.4, 0.5) is 0 Å². The minimum absolute atomic E-state index is 0.176. The molecule has 0 heterocycles. The lowest BCUT2D eigenvalue weighted by molar-refractivity contribution is -0.00111. The van der Waals surface area contributed by atoms with Crippen molar-refractivity contribution in [1.82, 2.24) is 0 Å². The van der Waals surface area contributed by atoms with E-state index in [1.54, 1.807) is 25.1 Å². The number of aryl methyl sites for hydroxylation is 1. The van der Waals surface area contributed by atoms with Gasteiger partial charge in [-0.1, -0.05) is 18.2 Å². The molecular formula is C9H10N2O2S. The highest BCUT2D eigenvalue weighted by molar-refractivity contribution is 8.06. The van der Waals surface area contributed by atoms with Gasteiger partial charge in [0.2, 0.25) is 0 Å². The first-order chi connectivity index (χ1) is 6.50.